The molecule has 19 heavy (non-hydrogen) atoms. The Morgan fingerprint density at radius 3 is 2.79 bits per heavy atom. The summed E-state index contributed by atoms with van der Waals surface area (Å²) in [7, 11) is 0. The average molecular weight is 284 g/mol. The van der Waals surface area contributed by atoms with Crippen molar-refractivity contribution >= 4 is 23.2 Å². The second-order valence-electron chi connectivity index (χ2n) is 4.70. The number of rotatable bonds is 7. The number of carbonyl (C=O) groups excluding carboxylic acids is 1. The summed E-state index contributed by atoms with van der Waals surface area (Å²) in [4.78, 5) is 16.0. The van der Waals surface area contributed by atoms with Crippen LogP contribution in [-0.2, 0) is 0 Å². The Morgan fingerprint density at radius 1 is 1.42 bits per heavy atom. The van der Waals surface area contributed by atoms with Gasteiger partial charge in [-0.3, -0.25) is 4.79 Å². The second kappa shape index (κ2) is 8.00. The zero-order chi connectivity index (χ0) is 14.3. The number of nitrogens with zero attached hydrogens (tertiary/aromatic N) is 1. The number of halogens is 1. The predicted octanol–water partition coefficient (Wildman–Crippen LogP) is 3.41. The summed E-state index contributed by atoms with van der Waals surface area (Å²) in [6.45, 7) is 4.26. The molecule has 1 unspecified atom stereocenters. The van der Waals surface area contributed by atoms with Crippen LogP contribution in [0.3, 0.4) is 0 Å². The van der Waals surface area contributed by atoms with E-state index in [2.05, 4.69) is 24.1 Å². The quantitative estimate of drug-likeness (QED) is 0.754. The highest BCUT2D eigenvalue weighted by Crippen LogP contribution is 2.16. The number of anilines is 1. The van der Waals surface area contributed by atoms with Crippen LogP contribution in [0.5, 0.6) is 0 Å². The van der Waals surface area contributed by atoms with Gasteiger partial charge in [-0.1, -0.05) is 44.7 Å². The number of hydrogen-bond acceptors (Lipinski definition) is 3. The molecule has 1 atom stereocenters. The van der Waals surface area contributed by atoms with E-state index in [4.69, 9.17) is 17.3 Å². The molecule has 1 rings (SSSR count). The maximum Gasteiger partial charge on any atom is 0.253 e. The first kappa shape index (κ1) is 15.8. The van der Waals surface area contributed by atoms with E-state index in [0.717, 1.165) is 32.1 Å². The van der Waals surface area contributed by atoms with Gasteiger partial charge in [-0.25, -0.2) is 4.98 Å². The number of amides is 1. The number of nitrogen functional groups attached to an aromatic ring is 1. The molecular weight excluding hydrogens is 262 g/mol. The first-order chi connectivity index (χ1) is 9.08. The summed E-state index contributed by atoms with van der Waals surface area (Å²) in [6.07, 6.45) is 6.66. The Kier molecular flexibility index (Phi) is 6.64. The van der Waals surface area contributed by atoms with Crippen LogP contribution in [0.1, 0.15) is 56.3 Å². The largest absolute Gasteiger partial charge is 0.397 e. The molecule has 1 aromatic heterocycles. The van der Waals surface area contributed by atoms with Gasteiger partial charge in [-0.2, -0.15) is 0 Å². The van der Waals surface area contributed by atoms with E-state index in [9.17, 15) is 4.79 Å². The summed E-state index contributed by atoms with van der Waals surface area (Å²) in [5.41, 5.74) is 6.51. The second-order valence-corrected chi connectivity index (χ2v) is 5.08. The van der Waals surface area contributed by atoms with Crippen LogP contribution < -0.4 is 11.1 Å². The maximum atomic E-state index is 12.2. The molecule has 0 aliphatic carbocycles. The minimum Gasteiger partial charge on any atom is -0.397 e. The zero-order valence-electron chi connectivity index (χ0n) is 11.6. The predicted molar refractivity (Wildman–Crippen MR) is 79.3 cm³/mol. The highest BCUT2D eigenvalue weighted by molar-refractivity contribution is 6.29. The van der Waals surface area contributed by atoms with Gasteiger partial charge in [0.1, 0.15) is 5.15 Å². The van der Waals surface area contributed by atoms with Crippen LogP contribution in [0.4, 0.5) is 5.69 Å². The van der Waals surface area contributed by atoms with Gasteiger partial charge in [-0.05, 0) is 18.9 Å². The lowest BCUT2D eigenvalue weighted by Gasteiger charge is -2.18. The van der Waals surface area contributed by atoms with Gasteiger partial charge < -0.3 is 11.1 Å². The first-order valence-corrected chi connectivity index (χ1v) is 7.18. The third-order valence-electron chi connectivity index (χ3n) is 3.02. The van der Waals surface area contributed by atoms with Crippen molar-refractivity contribution < 1.29 is 4.79 Å². The van der Waals surface area contributed by atoms with Crippen LogP contribution in [0.2, 0.25) is 5.15 Å². The molecule has 0 fully saturated rings. The summed E-state index contributed by atoms with van der Waals surface area (Å²) < 4.78 is 0. The van der Waals surface area contributed by atoms with Crippen molar-refractivity contribution in [2.75, 3.05) is 5.73 Å². The monoisotopic (exact) mass is 283 g/mol. The fourth-order valence-electron chi connectivity index (χ4n) is 1.99. The SMILES string of the molecule is CCCCC(CCC)NC(=O)c1cc(Cl)ncc1N. The number of nitrogens with two attached hydrogens (primary N) is 1. The average Bonchev–Trinajstić information content (AvgIpc) is 2.39. The molecule has 0 saturated carbocycles. The molecule has 1 heterocycles. The standard InChI is InChI=1S/C14H22ClN3O/c1-3-5-7-10(6-4-2)18-14(19)11-8-13(15)17-9-12(11)16/h8-10H,3-7,16H2,1-2H3,(H,18,19). The number of aromatic nitrogens is 1. The molecule has 0 aliphatic heterocycles. The van der Waals surface area contributed by atoms with Crippen molar-refractivity contribution in [2.45, 2.75) is 52.0 Å². The van der Waals surface area contributed by atoms with Gasteiger partial charge in [0.25, 0.3) is 5.91 Å². The molecular formula is C14H22ClN3O. The van der Waals surface area contributed by atoms with Crippen molar-refractivity contribution in [2.24, 2.45) is 0 Å². The Hall–Kier alpha value is -1.29. The van der Waals surface area contributed by atoms with E-state index < -0.39 is 0 Å². The third kappa shape index (κ3) is 5.07. The molecule has 3 N–H and O–H groups in total. The van der Waals surface area contributed by atoms with Crippen LogP contribution in [-0.4, -0.2) is 16.9 Å². The lowest BCUT2D eigenvalue weighted by Crippen LogP contribution is -2.35. The van der Waals surface area contributed by atoms with E-state index in [1.54, 1.807) is 0 Å². The fourth-order valence-corrected chi connectivity index (χ4v) is 2.15. The Labute approximate surface area is 119 Å². The number of unbranched alkanes of at least 4 members (excludes halogenated alkanes) is 1. The van der Waals surface area contributed by atoms with Crippen LogP contribution in [0.15, 0.2) is 12.3 Å². The molecule has 4 nitrogen and oxygen atoms in total. The van der Waals surface area contributed by atoms with Gasteiger partial charge in [0.15, 0.2) is 0 Å². The Bertz CT molecular complexity index is 423. The fraction of sp³-hybridized carbons (Fsp3) is 0.571. The first-order valence-electron chi connectivity index (χ1n) is 6.80. The molecule has 0 aromatic carbocycles. The van der Waals surface area contributed by atoms with E-state index in [-0.39, 0.29) is 17.1 Å². The number of pyridine rings is 1. The molecule has 1 aromatic rings. The van der Waals surface area contributed by atoms with Gasteiger partial charge in [-0.15, -0.1) is 0 Å². The van der Waals surface area contributed by atoms with E-state index in [1.165, 1.54) is 12.3 Å². The van der Waals surface area contributed by atoms with E-state index in [1.807, 2.05) is 0 Å². The normalized spacial score (nSPS) is 12.2. The van der Waals surface area contributed by atoms with Crippen LogP contribution in [0, 0.1) is 0 Å². The number of nitrogens with one attached hydrogen (secondary N) is 1. The molecule has 0 aliphatic rings. The molecule has 1 amide bonds. The van der Waals surface area contributed by atoms with Crippen molar-refractivity contribution in [3.63, 3.8) is 0 Å². The minimum absolute atomic E-state index is 0.170. The number of hydrogen-bond donors (Lipinski definition) is 2. The van der Waals surface area contributed by atoms with Crippen molar-refractivity contribution in [1.82, 2.24) is 10.3 Å². The maximum absolute atomic E-state index is 12.2. The molecule has 0 spiro atoms. The highest BCUT2D eigenvalue weighted by Gasteiger charge is 2.15. The third-order valence-corrected chi connectivity index (χ3v) is 3.23. The Morgan fingerprint density at radius 2 is 2.16 bits per heavy atom. The van der Waals surface area contributed by atoms with E-state index >= 15 is 0 Å². The molecule has 5 heteroatoms. The summed E-state index contributed by atoms with van der Waals surface area (Å²) >= 11 is 5.80. The number of carbonyl (C=O) groups is 1. The lowest BCUT2D eigenvalue weighted by molar-refractivity contribution is 0.0933. The van der Waals surface area contributed by atoms with Crippen molar-refractivity contribution in [3.05, 3.63) is 23.0 Å². The van der Waals surface area contributed by atoms with Gasteiger partial charge in [0, 0.05) is 6.04 Å². The zero-order valence-corrected chi connectivity index (χ0v) is 12.3. The summed E-state index contributed by atoms with van der Waals surface area (Å²) in [6, 6.07) is 1.71. The molecule has 106 valence electrons. The molecule has 0 radical (unpaired) electrons. The van der Waals surface area contributed by atoms with Gasteiger partial charge in [0.2, 0.25) is 0 Å². The van der Waals surface area contributed by atoms with Crippen LogP contribution in [0.25, 0.3) is 0 Å². The lowest BCUT2D eigenvalue weighted by atomic mass is 10.0. The Balaban J connectivity index is 2.72. The van der Waals surface area contributed by atoms with E-state index in [0.29, 0.717) is 11.3 Å². The topological polar surface area (TPSA) is 68.0 Å². The molecule has 0 bridgehead atoms. The smallest absolute Gasteiger partial charge is 0.253 e. The minimum atomic E-state index is -0.170. The van der Waals surface area contributed by atoms with Gasteiger partial charge in [0.05, 0.1) is 17.4 Å². The van der Waals surface area contributed by atoms with Crippen molar-refractivity contribution in [1.29, 1.82) is 0 Å². The van der Waals surface area contributed by atoms with Gasteiger partial charge >= 0.3 is 0 Å². The van der Waals surface area contributed by atoms with Crippen LogP contribution >= 0.6 is 11.6 Å². The summed E-state index contributed by atoms with van der Waals surface area (Å²) in [5, 5.41) is 3.31. The van der Waals surface area contributed by atoms with Crippen molar-refractivity contribution in [3.8, 4) is 0 Å². The highest BCUT2D eigenvalue weighted by atomic mass is 35.5. The summed E-state index contributed by atoms with van der Waals surface area (Å²) in [5.74, 6) is -0.170. The molecule has 0 saturated heterocycles.